The second-order valence-electron chi connectivity index (χ2n) is 5.04. The van der Waals surface area contributed by atoms with Gasteiger partial charge in [-0.1, -0.05) is 12.1 Å². The standard InChI is InChI=1S/C18H15BrN2O3S/c1-23-15-6-4-3-5-12(15)17(22)21-18-20-14(10-25-18)11-7-8-16(24-2)13(19)9-11/h3-10H,1-2H3,(H,20,21,22). The Morgan fingerprint density at radius 2 is 1.88 bits per heavy atom. The molecule has 0 bridgehead atoms. The third-order valence-corrected chi connectivity index (χ3v) is 4.90. The van der Waals surface area contributed by atoms with Crippen molar-refractivity contribution in [2.45, 2.75) is 0 Å². The molecule has 0 radical (unpaired) electrons. The van der Waals surface area contributed by atoms with Gasteiger partial charge in [0.2, 0.25) is 0 Å². The van der Waals surface area contributed by atoms with Crippen LogP contribution in [-0.2, 0) is 0 Å². The Kier molecular flexibility index (Phi) is 5.35. The van der Waals surface area contributed by atoms with Crippen molar-refractivity contribution in [3.8, 4) is 22.8 Å². The first-order chi connectivity index (χ1) is 12.1. The van der Waals surface area contributed by atoms with Crippen molar-refractivity contribution >= 4 is 38.3 Å². The Labute approximate surface area is 157 Å². The van der Waals surface area contributed by atoms with Crippen molar-refractivity contribution in [2.75, 3.05) is 19.5 Å². The average molecular weight is 419 g/mol. The number of carbonyl (C=O) groups is 1. The second kappa shape index (κ2) is 7.67. The minimum absolute atomic E-state index is 0.255. The van der Waals surface area contributed by atoms with Crippen molar-refractivity contribution in [1.29, 1.82) is 0 Å². The highest BCUT2D eigenvalue weighted by molar-refractivity contribution is 9.10. The fourth-order valence-electron chi connectivity index (χ4n) is 2.29. The van der Waals surface area contributed by atoms with E-state index in [1.165, 1.54) is 18.4 Å². The third-order valence-electron chi connectivity index (χ3n) is 3.52. The molecular weight excluding hydrogens is 404 g/mol. The SMILES string of the molecule is COc1ccc(-c2csc(NC(=O)c3ccccc3OC)n2)cc1Br. The highest BCUT2D eigenvalue weighted by atomic mass is 79.9. The van der Waals surface area contributed by atoms with Crippen LogP contribution in [0.25, 0.3) is 11.3 Å². The molecule has 1 aromatic heterocycles. The highest BCUT2D eigenvalue weighted by Crippen LogP contribution is 2.32. The minimum Gasteiger partial charge on any atom is -0.496 e. The molecule has 128 valence electrons. The van der Waals surface area contributed by atoms with Crippen LogP contribution in [0.15, 0.2) is 52.3 Å². The third kappa shape index (κ3) is 3.83. The molecule has 2 aromatic carbocycles. The molecular formula is C18H15BrN2O3S. The Morgan fingerprint density at radius 1 is 1.12 bits per heavy atom. The van der Waals surface area contributed by atoms with Gasteiger partial charge < -0.3 is 9.47 Å². The number of methoxy groups -OCH3 is 2. The Balaban J connectivity index is 1.80. The molecule has 0 fully saturated rings. The number of thiazole rings is 1. The number of para-hydroxylation sites is 1. The molecule has 5 nitrogen and oxygen atoms in total. The lowest BCUT2D eigenvalue weighted by Gasteiger charge is -2.07. The summed E-state index contributed by atoms with van der Waals surface area (Å²) in [6, 6.07) is 12.8. The number of aromatic nitrogens is 1. The number of rotatable bonds is 5. The smallest absolute Gasteiger partial charge is 0.261 e. The molecule has 0 aliphatic rings. The molecule has 7 heteroatoms. The summed E-state index contributed by atoms with van der Waals surface area (Å²) in [5, 5.41) is 5.23. The van der Waals surface area contributed by atoms with Crippen LogP contribution in [0.2, 0.25) is 0 Å². The van der Waals surface area contributed by atoms with E-state index in [1.807, 2.05) is 29.6 Å². The Bertz CT molecular complexity index is 911. The van der Waals surface area contributed by atoms with Gasteiger partial charge >= 0.3 is 0 Å². The number of carbonyl (C=O) groups excluding carboxylic acids is 1. The molecule has 1 N–H and O–H groups in total. The number of nitrogens with one attached hydrogen (secondary N) is 1. The predicted molar refractivity (Wildman–Crippen MR) is 103 cm³/mol. The van der Waals surface area contributed by atoms with Crippen molar-refractivity contribution in [2.24, 2.45) is 0 Å². The van der Waals surface area contributed by atoms with Crippen LogP contribution in [0, 0.1) is 0 Å². The second-order valence-corrected chi connectivity index (χ2v) is 6.75. The zero-order valence-corrected chi connectivity index (χ0v) is 16.0. The molecule has 0 aliphatic carbocycles. The maximum absolute atomic E-state index is 12.4. The van der Waals surface area contributed by atoms with E-state index >= 15 is 0 Å². The fourth-order valence-corrected chi connectivity index (χ4v) is 3.54. The molecule has 0 unspecified atom stereocenters. The molecule has 0 aliphatic heterocycles. The summed E-state index contributed by atoms with van der Waals surface area (Å²) in [5.41, 5.74) is 2.18. The molecule has 3 rings (SSSR count). The molecule has 0 saturated carbocycles. The lowest BCUT2D eigenvalue weighted by atomic mass is 10.2. The summed E-state index contributed by atoms with van der Waals surface area (Å²) in [4.78, 5) is 16.9. The first kappa shape index (κ1) is 17.4. The number of benzene rings is 2. The number of hydrogen-bond acceptors (Lipinski definition) is 5. The molecule has 0 spiro atoms. The van der Waals surface area contributed by atoms with E-state index in [-0.39, 0.29) is 5.91 Å². The monoisotopic (exact) mass is 418 g/mol. The van der Waals surface area contributed by atoms with E-state index < -0.39 is 0 Å². The van der Waals surface area contributed by atoms with Crippen LogP contribution in [0.4, 0.5) is 5.13 Å². The summed E-state index contributed by atoms with van der Waals surface area (Å²) in [6.45, 7) is 0. The molecule has 0 atom stereocenters. The Morgan fingerprint density at radius 3 is 2.60 bits per heavy atom. The average Bonchev–Trinajstić information content (AvgIpc) is 3.10. The van der Waals surface area contributed by atoms with Crippen LogP contribution in [0.3, 0.4) is 0 Å². The predicted octanol–water partition coefficient (Wildman–Crippen LogP) is 4.84. The summed E-state index contributed by atoms with van der Waals surface area (Å²) in [7, 11) is 3.16. The van der Waals surface area contributed by atoms with Crippen molar-refractivity contribution < 1.29 is 14.3 Å². The zero-order chi connectivity index (χ0) is 17.8. The van der Waals surface area contributed by atoms with Crippen molar-refractivity contribution in [1.82, 2.24) is 4.98 Å². The van der Waals surface area contributed by atoms with Crippen LogP contribution >= 0.6 is 27.3 Å². The first-order valence-electron chi connectivity index (χ1n) is 7.36. The van der Waals surface area contributed by atoms with Gasteiger partial charge in [-0.3, -0.25) is 10.1 Å². The molecule has 1 heterocycles. The van der Waals surface area contributed by atoms with E-state index in [9.17, 15) is 4.79 Å². The number of ether oxygens (including phenoxy) is 2. The maximum atomic E-state index is 12.4. The number of hydrogen-bond donors (Lipinski definition) is 1. The van der Waals surface area contributed by atoms with E-state index in [0.29, 0.717) is 16.4 Å². The van der Waals surface area contributed by atoms with Gasteiger partial charge in [0.1, 0.15) is 11.5 Å². The molecule has 1 amide bonds. The highest BCUT2D eigenvalue weighted by Gasteiger charge is 2.14. The lowest BCUT2D eigenvalue weighted by molar-refractivity contribution is 0.102. The van der Waals surface area contributed by atoms with E-state index in [1.54, 1.807) is 25.3 Å². The largest absolute Gasteiger partial charge is 0.496 e. The maximum Gasteiger partial charge on any atom is 0.261 e. The zero-order valence-electron chi connectivity index (χ0n) is 13.6. The van der Waals surface area contributed by atoms with Gasteiger partial charge in [0.25, 0.3) is 5.91 Å². The van der Waals surface area contributed by atoms with Crippen LogP contribution in [-0.4, -0.2) is 25.1 Å². The lowest BCUT2D eigenvalue weighted by Crippen LogP contribution is -2.12. The van der Waals surface area contributed by atoms with Gasteiger partial charge in [0.05, 0.1) is 29.9 Å². The summed E-state index contributed by atoms with van der Waals surface area (Å²) < 4.78 is 11.3. The quantitative estimate of drug-likeness (QED) is 0.643. The van der Waals surface area contributed by atoms with E-state index in [0.717, 1.165) is 21.5 Å². The minimum atomic E-state index is -0.255. The summed E-state index contributed by atoms with van der Waals surface area (Å²) in [5.74, 6) is 1.02. The van der Waals surface area contributed by atoms with Gasteiger partial charge in [0, 0.05) is 10.9 Å². The number of anilines is 1. The van der Waals surface area contributed by atoms with Crippen LogP contribution in [0.1, 0.15) is 10.4 Å². The van der Waals surface area contributed by atoms with Gasteiger partial charge in [-0.25, -0.2) is 4.98 Å². The van der Waals surface area contributed by atoms with Crippen LogP contribution in [0.5, 0.6) is 11.5 Å². The summed E-state index contributed by atoms with van der Waals surface area (Å²) in [6.07, 6.45) is 0. The molecule has 3 aromatic rings. The van der Waals surface area contributed by atoms with Gasteiger partial charge in [-0.2, -0.15) is 0 Å². The van der Waals surface area contributed by atoms with E-state index in [2.05, 4.69) is 26.2 Å². The van der Waals surface area contributed by atoms with Crippen molar-refractivity contribution in [3.05, 3.63) is 57.9 Å². The van der Waals surface area contributed by atoms with Crippen molar-refractivity contribution in [3.63, 3.8) is 0 Å². The number of amides is 1. The van der Waals surface area contributed by atoms with Gasteiger partial charge in [0.15, 0.2) is 5.13 Å². The first-order valence-corrected chi connectivity index (χ1v) is 9.03. The van der Waals surface area contributed by atoms with Gasteiger partial charge in [-0.05, 0) is 46.3 Å². The fraction of sp³-hybridized carbons (Fsp3) is 0.111. The molecule has 25 heavy (non-hydrogen) atoms. The topological polar surface area (TPSA) is 60.5 Å². The number of nitrogens with zero attached hydrogens (tertiary/aromatic N) is 1. The summed E-state index contributed by atoms with van der Waals surface area (Å²) >= 11 is 4.83. The van der Waals surface area contributed by atoms with Gasteiger partial charge in [-0.15, -0.1) is 11.3 Å². The Hall–Kier alpha value is -2.38. The molecule has 0 saturated heterocycles. The normalized spacial score (nSPS) is 10.4. The van der Waals surface area contributed by atoms with E-state index in [4.69, 9.17) is 9.47 Å². The van der Waals surface area contributed by atoms with Crippen LogP contribution < -0.4 is 14.8 Å². The number of halogens is 1.